The smallest absolute Gasteiger partial charge is 0.0155 e. The van der Waals surface area contributed by atoms with Gasteiger partial charge >= 0.3 is 0 Å². The molecule has 0 unspecified atom stereocenters. The molecule has 21 heavy (non-hydrogen) atoms. The van der Waals surface area contributed by atoms with Gasteiger partial charge < -0.3 is 0 Å². The lowest BCUT2D eigenvalue weighted by Crippen LogP contribution is -1.90. The Hall–Kier alpha value is -2.08. The summed E-state index contributed by atoms with van der Waals surface area (Å²) in [5.41, 5.74) is 6.18. The van der Waals surface area contributed by atoms with Crippen molar-refractivity contribution in [1.82, 2.24) is 0 Å². The van der Waals surface area contributed by atoms with E-state index in [1.54, 1.807) is 0 Å². The summed E-state index contributed by atoms with van der Waals surface area (Å²) < 4.78 is 0. The molecule has 0 heteroatoms. The van der Waals surface area contributed by atoms with Gasteiger partial charge in [-0.05, 0) is 41.2 Å². The highest BCUT2D eigenvalue weighted by molar-refractivity contribution is 5.79. The van der Waals surface area contributed by atoms with Crippen molar-refractivity contribution in [2.75, 3.05) is 0 Å². The lowest BCUT2D eigenvalue weighted by atomic mass is 9.95. The van der Waals surface area contributed by atoms with Crippen LogP contribution < -0.4 is 0 Å². The number of aryl methyl sites for hydroxylation is 2. The molecule has 0 aromatic heterocycles. The summed E-state index contributed by atoms with van der Waals surface area (Å²) in [4.78, 5) is 0. The van der Waals surface area contributed by atoms with E-state index in [4.69, 9.17) is 0 Å². The summed E-state index contributed by atoms with van der Waals surface area (Å²) in [7, 11) is 0. The third-order valence-corrected chi connectivity index (χ3v) is 3.18. The van der Waals surface area contributed by atoms with Gasteiger partial charge in [0, 0.05) is 0 Å². The Bertz CT molecular complexity index is 532. The van der Waals surface area contributed by atoms with Gasteiger partial charge in [-0.2, -0.15) is 0 Å². The molecule has 2 aromatic rings. The number of benzene rings is 2. The van der Waals surface area contributed by atoms with Crippen LogP contribution in [0.2, 0.25) is 0 Å². The van der Waals surface area contributed by atoms with Crippen molar-refractivity contribution >= 4 is 5.57 Å². The molecule has 0 fully saturated rings. The van der Waals surface area contributed by atoms with Gasteiger partial charge in [-0.3, -0.25) is 0 Å². The molecule has 112 valence electrons. The van der Waals surface area contributed by atoms with E-state index in [1.807, 2.05) is 13.8 Å². The molecule has 0 saturated heterocycles. The van der Waals surface area contributed by atoms with Gasteiger partial charge in [0.05, 0.1) is 0 Å². The molecule has 0 amide bonds. The monoisotopic (exact) mass is 280 g/mol. The highest BCUT2D eigenvalue weighted by atomic mass is 14.1. The quantitative estimate of drug-likeness (QED) is 0.567. The second-order valence-electron chi connectivity index (χ2n) is 4.34. The molecule has 0 aliphatic heterocycles. The number of hydrogen-bond donors (Lipinski definition) is 0. The fraction of sp³-hybridized carbons (Fsp3) is 0.238. The topological polar surface area (TPSA) is 0 Å². The predicted octanol–water partition coefficient (Wildman–Crippen LogP) is 6.45. The van der Waals surface area contributed by atoms with E-state index in [1.165, 1.54) is 22.3 Å². The van der Waals surface area contributed by atoms with Gasteiger partial charge in [0.1, 0.15) is 0 Å². The minimum Gasteiger partial charge on any atom is -0.106 e. The first kappa shape index (κ1) is 18.9. The molecule has 0 heterocycles. The molecule has 2 aromatic carbocycles. The van der Waals surface area contributed by atoms with Crippen molar-refractivity contribution in [3.05, 3.63) is 90.5 Å². The summed E-state index contributed by atoms with van der Waals surface area (Å²) in [6.07, 6.45) is 1.08. The van der Waals surface area contributed by atoms with Gasteiger partial charge in [-0.25, -0.2) is 0 Å². The molecule has 0 N–H and O–H groups in total. The third kappa shape index (κ3) is 5.43. The van der Waals surface area contributed by atoms with Crippen molar-refractivity contribution in [3.8, 4) is 0 Å². The molecule has 0 atom stereocenters. The molecule has 2 rings (SSSR count). The van der Waals surface area contributed by atoms with Crippen molar-refractivity contribution < 1.29 is 0 Å². The molecule has 0 spiro atoms. The Morgan fingerprint density at radius 2 is 1.43 bits per heavy atom. The molecule has 0 bridgehead atoms. The zero-order chi connectivity index (χ0) is 16.3. The van der Waals surface area contributed by atoms with Crippen LogP contribution in [0.15, 0.2) is 68.3 Å². The molecule has 0 nitrogen and oxygen atoms in total. The SMILES string of the molecule is C=C.C=C(c1ccc(CC)cc1)c1ccccc1C.CC. The predicted molar refractivity (Wildman–Crippen MR) is 97.7 cm³/mol. The zero-order valence-corrected chi connectivity index (χ0v) is 13.9. The lowest BCUT2D eigenvalue weighted by Gasteiger charge is -2.10. The van der Waals surface area contributed by atoms with E-state index in [2.05, 4.69) is 82.1 Å². The molecule has 0 saturated carbocycles. The first-order valence-electron chi connectivity index (χ1n) is 7.56. The van der Waals surface area contributed by atoms with Crippen molar-refractivity contribution in [2.45, 2.75) is 34.1 Å². The van der Waals surface area contributed by atoms with Crippen molar-refractivity contribution in [3.63, 3.8) is 0 Å². The maximum absolute atomic E-state index is 4.21. The highest BCUT2D eigenvalue weighted by Crippen LogP contribution is 2.24. The molecule has 0 aliphatic carbocycles. The van der Waals surface area contributed by atoms with E-state index in [0.717, 1.165) is 12.0 Å². The molecule has 0 radical (unpaired) electrons. The van der Waals surface area contributed by atoms with Crippen LogP contribution in [-0.4, -0.2) is 0 Å². The van der Waals surface area contributed by atoms with Crippen LogP contribution in [0.3, 0.4) is 0 Å². The van der Waals surface area contributed by atoms with E-state index in [-0.39, 0.29) is 0 Å². The van der Waals surface area contributed by atoms with Gasteiger partial charge in [-0.15, -0.1) is 13.2 Å². The summed E-state index contributed by atoms with van der Waals surface area (Å²) in [5.74, 6) is 0. The fourth-order valence-electron chi connectivity index (χ4n) is 2.01. The van der Waals surface area contributed by atoms with E-state index in [0.29, 0.717) is 0 Å². The Labute approximate surface area is 130 Å². The standard InChI is InChI=1S/C17H18.C2H6.C2H4/c1-4-15-9-11-16(12-10-15)14(3)17-8-6-5-7-13(17)2;2*1-2/h5-12H,3-4H2,1-2H3;1-2H3;1-2H2. The van der Waals surface area contributed by atoms with Crippen molar-refractivity contribution in [1.29, 1.82) is 0 Å². The van der Waals surface area contributed by atoms with Crippen LogP contribution in [0.5, 0.6) is 0 Å². The van der Waals surface area contributed by atoms with E-state index < -0.39 is 0 Å². The zero-order valence-electron chi connectivity index (χ0n) is 13.9. The molecular formula is C21H28. The second-order valence-corrected chi connectivity index (χ2v) is 4.34. The first-order valence-corrected chi connectivity index (χ1v) is 7.56. The number of hydrogen-bond acceptors (Lipinski definition) is 0. The van der Waals surface area contributed by atoms with Crippen LogP contribution in [0, 0.1) is 6.92 Å². The van der Waals surface area contributed by atoms with Crippen LogP contribution >= 0.6 is 0 Å². The van der Waals surface area contributed by atoms with Crippen LogP contribution in [0.4, 0.5) is 0 Å². The first-order chi connectivity index (χ1) is 10.2. The van der Waals surface area contributed by atoms with Crippen LogP contribution in [0.1, 0.15) is 43.0 Å². The second kappa shape index (κ2) is 10.7. The normalized spacial score (nSPS) is 8.76. The summed E-state index contributed by atoms with van der Waals surface area (Å²) in [6.45, 7) is 18.5. The molecule has 0 aliphatic rings. The highest BCUT2D eigenvalue weighted by Gasteiger charge is 2.04. The number of rotatable bonds is 3. The summed E-state index contributed by atoms with van der Waals surface area (Å²) in [5, 5.41) is 0. The largest absolute Gasteiger partial charge is 0.106 e. The Balaban J connectivity index is 0.000000921. The Morgan fingerprint density at radius 1 is 0.905 bits per heavy atom. The Kier molecular flexibility index (Phi) is 9.62. The van der Waals surface area contributed by atoms with E-state index >= 15 is 0 Å². The maximum Gasteiger partial charge on any atom is -0.0155 e. The maximum atomic E-state index is 4.21. The third-order valence-electron chi connectivity index (χ3n) is 3.18. The molecular weight excluding hydrogens is 252 g/mol. The van der Waals surface area contributed by atoms with E-state index in [9.17, 15) is 0 Å². The lowest BCUT2D eigenvalue weighted by molar-refractivity contribution is 1.14. The Morgan fingerprint density at radius 3 is 1.90 bits per heavy atom. The fourth-order valence-corrected chi connectivity index (χ4v) is 2.01. The average Bonchev–Trinajstić information content (AvgIpc) is 2.58. The van der Waals surface area contributed by atoms with Gasteiger partial charge in [0.15, 0.2) is 0 Å². The van der Waals surface area contributed by atoms with Crippen molar-refractivity contribution in [2.24, 2.45) is 0 Å². The summed E-state index contributed by atoms with van der Waals surface area (Å²) in [6, 6.07) is 17.1. The van der Waals surface area contributed by atoms with Crippen LogP contribution in [-0.2, 0) is 6.42 Å². The summed E-state index contributed by atoms with van der Waals surface area (Å²) >= 11 is 0. The van der Waals surface area contributed by atoms with Gasteiger partial charge in [-0.1, -0.05) is 75.9 Å². The van der Waals surface area contributed by atoms with Gasteiger partial charge in [0.25, 0.3) is 0 Å². The van der Waals surface area contributed by atoms with Crippen LogP contribution in [0.25, 0.3) is 5.57 Å². The minimum absolute atomic E-state index is 1.08. The van der Waals surface area contributed by atoms with Gasteiger partial charge in [0.2, 0.25) is 0 Å². The minimum atomic E-state index is 1.08. The average molecular weight is 280 g/mol.